The van der Waals surface area contributed by atoms with Gasteiger partial charge in [0.05, 0.1) is 22.7 Å². The molecule has 0 aliphatic carbocycles. The van der Waals surface area contributed by atoms with E-state index in [-0.39, 0.29) is 23.5 Å². The largest absolute Gasteiger partial charge is 0.348 e. The molecule has 1 aromatic carbocycles. The summed E-state index contributed by atoms with van der Waals surface area (Å²) in [6, 6.07) is 7.06. The maximum Gasteiger partial charge on any atom is 0.251 e. The van der Waals surface area contributed by atoms with Crippen molar-refractivity contribution in [3.05, 3.63) is 46.4 Å². The number of nitrogens with zero attached hydrogens (tertiary/aromatic N) is 1. The van der Waals surface area contributed by atoms with E-state index in [4.69, 9.17) is 0 Å². The summed E-state index contributed by atoms with van der Waals surface area (Å²) in [4.78, 5) is 17.4. The maximum atomic E-state index is 12.1. The summed E-state index contributed by atoms with van der Waals surface area (Å²) < 4.78 is 22.8. The van der Waals surface area contributed by atoms with Crippen LogP contribution in [0.4, 0.5) is 0 Å². The molecule has 122 valence electrons. The molecule has 1 fully saturated rings. The molecule has 1 N–H and O–H groups in total. The summed E-state index contributed by atoms with van der Waals surface area (Å²) in [5, 5.41) is 4.81. The van der Waals surface area contributed by atoms with Gasteiger partial charge in [-0.15, -0.1) is 23.1 Å². The van der Waals surface area contributed by atoms with E-state index in [1.807, 2.05) is 23.0 Å². The van der Waals surface area contributed by atoms with Crippen LogP contribution in [0.1, 0.15) is 22.5 Å². The Hall–Kier alpha value is -1.38. The van der Waals surface area contributed by atoms with Crippen molar-refractivity contribution in [1.82, 2.24) is 10.3 Å². The predicted molar refractivity (Wildman–Crippen MR) is 92.6 cm³/mol. The van der Waals surface area contributed by atoms with Crippen LogP contribution >= 0.6 is 23.1 Å². The molecule has 1 amide bonds. The first-order valence-corrected chi connectivity index (χ1v) is 10.9. The molecular formula is C15H16N2O3S3. The Morgan fingerprint density at radius 3 is 2.74 bits per heavy atom. The van der Waals surface area contributed by atoms with E-state index in [0.717, 1.165) is 16.3 Å². The Morgan fingerprint density at radius 2 is 2.13 bits per heavy atom. The lowest BCUT2D eigenvalue weighted by atomic mass is 10.2. The van der Waals surface area contributed by atoms with Crippen LogP contribution in [0.2, 0.25) is 0 Å². The normalized spacial score (nSPS) is 19.6. The smallest absolute Gasteiger partial charge is 0.251 e. The van der Waals surface area contributed by atoms with Crippen molar-refractivity contribution >= 4 is 38.8 Å². The van der Waals surface area contributed by atoms with Gasteiger partial charge in [-0.05, 0) is 30.7 Å². The Labute approximate surface area is 143 Å². The molecule has 2 aromatic rings. The standard InChI is InChI=1S/C15H16N2O3S3/c18-15(17-12-5-6-23(19,20)9-12)11-1-3-14(4-2-11)22-8-13-7-21-10-16-13/h1-4,7,10,12H,5-6,8-9H2,(H,17,18). The van der Waals surface area contributed by atoms with Crippen molar-refractivity contribution in [2.24, 2.45) is 0 Å². The van der Waals surface area contributed by atoms with E-state index in [1.165, 1.54) is 0 Å². The fourth-order valence-electron chi connectivity index (χ4n) is 2.35. The van der Waals surface area contributed by atoms with E-state index in [2.05, 4.69) is 10.3 Å². The molecule has 1 aliphatic heterocycles. The summed E-state index contributed by atoms with van der Waals surface area (Å²) in [6.45, 7) is 0. The molecule has 1 aromatic heterocycles. The fraction of sp³-hybridized carbons (Fsp3) is 0.333. The Kier molecular flexibility index (Phi) is 5.03. The Morgan fingerprint density at radius 1 is 1.35 bits per heavy atom. The second-order valence-corrected chi connectivity index (χ2v) is 9.36. The van der Waals surface area contributed by atoms with Gasteiger partial charge in [0.2, 0.25) is 0 Å². The fourth-order valence-corrected chi connectivity index (χ4v) is 5.48. The van der Waals surface area contributed by atoms with Crippen molar-refractivity contribution in [1.29, 1.82) is 0 Å². The number of amides is 1. The van der Waals surface area contributed by atoms with Gasteiger partial charge in [0.1, 0.15) is 0 Å². The Bertz CT molecular complexity index is 771. The zero-order valence-corrected chi connectivity index (χ0v) is 14.7. The number of carbonyl (C=O) groups is 1. The van der Waals surface area contributed by atoms with Crippen molar-refractivity contribution in [3.63, 3.8) is 0 Å². The van der Waals surface area contributed by atoms with Gasteiger partial charge in [-0.1, -0.05) is 0 Å². The van der Waals surface area contributed by atoms with Crippen LogP contribution in [-0.4, -0.2) is 36.9 Å². The number of benzene rings is 1. The van der Waals surface area contributed by atoms with Gasteiger partial charge in [-0.3, -0.25) is 4.79 Å². The lowest BCUT2D eigenvalue weighted by Gasteiger charge is -2.11. The highest BCUT2D eigenvalue weighted by atomic mass is 32.2. The molecule has 0 bridgehead atoms. The molecule has 0 spiro atoms. The minimum Gasteiger partial charge on any atom is -0.348 e. The molecule has 2 heterocycles. The summed E-state index contributed by atoms with van der Waals surface area (Å²) >= 11 is 3.24. The molecule has 8 heteroatoms. The number of sulfone groups is 1. The molecule has 0 saturated carbocycles. The van der Waals surface area contributed by atoms with E-state index in [9.17, 15) is 13.2 Å². The minimum absolute atomic E-state index is 0.0420. The third-order valence-electron chi connectivity index (χ3n) is 3.55. The van der Waals surface area contributed by atoms with Crippen LogP contribution < -0.4 is 5.32 Å². The lowest BCUT2D eigenvalue weighted by Crippen LogP contribution is -2.35. The zero-order chi connectivity index (χ0) is 16.3. The number of aromatic nitrogens is 1. The van der Waals surface area contributed by atoms with Crippen LogP contribution in [0.15, 0.2) is 40.1 Å². The highest BCUT2D eigenvalue weighted by molar-refractivity contribution is 7.98. The highest BCUT2D eigenvalue weighted by Gasteiger charge is 2.29. The summed E-state index contributed by atoms with van der Waals surface area (Å²) in [6.07, 6.45) is 0.496. The molecule has 3 rings (SSSR count). The van der Waals surface area contributed by atoms with Gasteiger partial charge in [-0.2, -0.15) is 0 Å². The zero-order valence-electron chi connectivity index (χ0n) is 12.3. The monoisotopic (exact) mass is 368 g/mol. The number of nitrogens with one attached hydrogen (secondary N) is 1. The predicted octanol–water partition coefficient (Wildman–Crippen LogP) is 2.35. The SMILES string of the molecule is O=C(NC1CCS(=O)(=O)C1)c1ccc(SCc2cscn2)cc1. The Balaban J connectivity index is 1.55. The van der Waals surface area contributed by atoms with Crippen LogP contribution in [-0.2, 0) is 15.6 Å². The number of carbonyl (C=O) groups excluding carboxylic acids is 1. The molecule has 23 heavy (non-hydrogen) atoms. The summed E-state index contributed by atoms with van der Waals surface area (Å²) in [7, 11) is -2.98. The van der Waals surface area contributed by atoms with Crippen molar-refractivity contribution in [2.45, 2.75) is 23.1 Å². The quantitative estimate of drug-likeness (QED) is 0.820. The first-order chi connectivity index (χ1) is 11.0. The van der Waals surface area contributed by atoms with Gasteiger partial charge < -0.3 is 5.32 Å². The van der Waals surface area contributed by atoms with Crippen LogP contribution in [0.3, 0.4) is 0 Å². The van der Waals surface area contributed by atoms with Gasteiger partial charge in [0, 0.05) is 27.6 Å². The first kappa shape index (κ1) is 16.5. The van der Waals surface area contributed by atoms with Crippen LogP contribution in [0.5, 0.6) is 0 Å². The molecule has 1 atom stereocenters. The summed E-state index contributed by atoms with van der Waals surface area (Å²) in [5.41, 5.74) is 3.41. The number of hydrogen-bond acceptors (Lipinski definition) is 6. The molecular weight excluding hydrogens is 352 g/mol. The van der Waals surface area contributed by atoms with Gasteiger partial charge in [-0.25, -0.2) is 13.4 Å². The van der Waals surface area contributed by atoms with E-state index >= 15 is 0 Å². The number of hydrogen-bond donors (Lipinski definition) is 1. The molecule has 1 saturated heterocycles. The van der Waals surface area contributed by atoms with Gasteiger partial charge >= 0.3 is 0 Å². The minimum atomic E-state index is -2.98. The van der Waals surface area contributed by atoms with E-state index in [0.29, 0.717) is 12.0 Å². The average Bonchev–Trinajstić information content (AvgIpc) is 3.15. The van der Waals surface area contributed by atoms with Gasteiger partial charge in [0.25, 0.3) is 5.91 Å². The molecule has 5 nitrogen and oxygen atoms in total. The van der Waals surface area contributed by atoms with Crippen molar-refractivity contribution in [3.8, 4) is 0 Å². The molecule has 0 radical (unpaired) electrons. The van der Waals surface area contributed by atoms with Gasteiger partial charge in [0.15, 0.2) is 9.84 Å². The van der Waals surface area contributed by atoms with Crippen LogP contribution in [0, 0.1) is 0 Å². The third-order valence-corrected chi connectivity index (χ3v) is 7.00. The molecule has 1 aliphatic rings. The van der Waals surface area contributed by atoms with E-state index in [1.54, 1.807) is 35.2 Å². The number of thiazole rings is 1. The lowest BCUT2D eigenvalue weighted by molar-refractivity contribution is 0.0941. The summed E-state index contributed by atoms with van der Waals surface area (Å²) in [5.74, 6) is 0.780. The molecule has 1 unspecified atom stereocenters. The van der Waals surface area contributed by atoms with Crippen molar-refractivity contribution in [2.75, 3.05) is 11.5 Å². The van der Waals surface area contributed by atoms with Crippen LogP contribution in [0.25, 0.3) is 0 Å². The maximum absolute atomic E-state index is 12.1. The first-order valence-electron chi connectivity index (χ1n) is 7.13. The van der Waals surface area contributed by atoms with Crippen molar-refractivity contribution < 1.29 is 13.2 Å². The second kappa shape index (κ2) is 7.02. The topological polar surface area (TPSA) is 76.1 Å². The average molecular weight is 369 g/mol. The van der Waals surface area contributed by atoms with E-state index < -0.39 is 9.84 Å². The third kappa shape index (κ3) is 4.55. The second-order valence-electron chi connectivity index (χ2n) is 5.37. The number of thioether (sulfide) groups is 1. The number of rotatable bonds is 5. The highest BCUT2D eigenvalue weighted by Crippen LogP contribution is 2.23.